The van der Waals surface area contributed by atoms with E-state index < -0.39 is 0 Å². The Balaban J connectivity index is 2.23. The molecule has 1 aliphatic heterocycles. The molecule has 1 aromatic rings. The molecule has 1 fully saturated rings. The predicted octanol–water partition coefficient (Wildman–Crippen LogP) is 3.04. The molecule has 4 heteroatoms. The molecule has 108 valence electrons. The molecule has 2 atom stereocenters. The van der Waals surface area contributed by atoms with E-state index in [1.54, 1.807) is 0 Å². The Labute approximate surface area is 121 Å². The molecule has 2 unspecified atom stereocenters. The number of hydrogen-bond acceptors (Lipinski definition) is 4. The van der Waals surface area contributed by atoms with Gasteiger partial charge in [-0.15, -0.1) is 11.3 Å². The second-order valence-corrected chi connectivity index (χ2v) is 7.37. The first-order valence-electron chi connectivity index (χ1n) is 7.32. The van der Waals surface area contributed by atoms with Crippen molar-refractivity contribution in [3.05, 3.63) is 16.1 Å². The van der Waals surface area contributed by atoms with Crippen LogP contribution in [0.4, 0.5) is 0 Å². The van der Waals surface area contributed by atoms with E-state index in [0.717, 1.165) is 13.1 Å². The molecule has 2 rings (SSSR count). The Morgan fingerprint density at radius 2 is 2.21 bits per heavy atom. The molecular formula is C15H27N3S. The molecule has 0 bridgehead atoms. The third-order valence-corrected chi connectivity index (χ3v) is 5.25. The van der Waals surface area contributed by atoms with Crippen LogP contribution in [0.5, 0.6) is 0 Å². The lowest BCUT2D eigenvalue weighted by atomic mass is 9.96. The number of aromatic nitrogens is 1. The highest BCUT2D eigenvalue weighted by Crippen LogP contribution is 2.38. The maximum Gasteiger partial charge on any atom is 0.0982 e. The van der Waals surface area contributed by atoms with Gasteiger partial charge in [0.15, 0.2) is 0 Å². The van der Waals surface area contributed by atoms with Crippen LogP contribution in [0.25, 0.3) is 0 Å². The fourth-order valence-electron chi connectivity index (χ4n) is 2.95. The molecule has 2 heterocycles. The van der Waals surface area contributed by atoms with Crippen LogP contribution in [0.1, 0.15) is 50.9 Å². The highest BCUT2D eigenvalue weighted by atomic mass is 32.1. The lowest BCUT2D eigenvalue weighted by Gasteiger charge is -2.26. The Morgan fingerprint density at radius 1 is 1.47 bits per heavy atom. The van der Waals surface area contributed by atoms with Crippen molar-refractivity contribution in [1.29, 1.82) is 0 Å². The van der Waals surface area contributed by atoms with Gasteiger partial charge in [-0.3, -0.25) is 4.90 Å². The summed E-state index contributed by atoms with van der Waals surface area (Å²) in [5.41, 5.74) is 1.45. The summed E-state index contributed by atoms with van der Waals surface area (Å²) < 4.78 is 0. The van der Waals surface area contributed by atoms with Gasteiger partial charge in [0.1, 0.15) is 0 Å². The van der Waals surface area contributed by atoms with Crippen molar-refractivity contribution in [2.45, 2.75) is 45.6 Å². The Hall–Kier alpha value is -0.450. The molecule has 1 N–H and O–H groups in total. The van der Waals surface area contributed by atoms with Gasteiger partial charge in [0.25, 0.3) is 0 Å². The molecule has 3 nitrogen and oxygen atoms in total. The van der Waals surface area contributed by atoms with Crippen molar-refractivity contribution in [2.24, 2.45) is 5.92 Å². The lowest BCUT2D eigenvalue weighted by molar-refractivity contribution is 0.233. The summed E-state index contributed by atoms with van der Waals surface area (Å²) in [4.78, 5) is 7.52. The van der Waals surface area contributed by atoms with Gasteiger partial charge in [-0.2, -0.15) is 0 Å². The summed E-state index contributed by atoms with van der Waals surface area (Å²) in [7, 11) is 2.05. The third-order valence-electron chi connectivity index (χ3n) is 3.97. The van der Waals surface area contributed by atoms with E-state index in [0.29, 0.717) is 12.0 Å². The zero-order chi connectivity index (χ0) is 14.0. The fourth-order valence-corrected chi connectivity index (χ4v) is 3.89. The molecule has 0 amide bonds. The Morgan fingerprint density at radius 3 is 2.74 bits per heavy atom. The standard InChI is InChI=1S/C15H27N3S/c1-6-18-8-7-11(9-16-5)13(18)12-10-19-14(17-12)15(2,3)4/h10-11,13,16H,6-9H2,1-5H3. The van der Waals surface area contributed by atoms with Crippen molar-refractivity contribution in [3.8, 4) is 0 Å². The molecule has 1 aliphatic rings. The maximum absolute atomic E-state index is 4.94. The molecule has 0 aromatic carbocycles. The minimum atomic E-state index is 0.164. The molecule has 0 aliphatic carbocycles. The monoisotopic (exact) mass is 281 g/mol. The van der Waals surface area contributed by atoms with Crippen LogP contribution in [-0.4, -0.2) is 36.6 Å². The quantitative estimate of drug-likeness (QED) is 0.919. The first-order chi connectivity index (χ1) is 8.97. The van der Waals surface area contributed by atoms with Crippen LogP contribution in [0, 0.1) is 5.92 Å². The predicted molar refractivity (Wildman–Crippen MR) is 82.8 cm³/mol. The normalized spacial score (nSPS) is 25.1. The van der Waals surface area contributed by atoms with E-state index >= 15 is 0 Å². The van der Waals surface area contributed by atoms with E-state index in [1.165, 1.54) is 23.7 Å². The number of nitrogens with zero attached hydrogens (tertiary/aromatic N) is 2. The number of hydrogen-bond donors (Lipinski definition) is 1. The molecular weight excluding hydrogens is 254 g/mol. The lowest BCUT2D eigenvalue weighted by Crippen LogP contribution is -2.29. The van der Waals surface area contributed by atoms with E-state index in [-0.39, 0.29) is 5.41 Å². The summed E-state index contributed by atoms with van der Waals surface area (Å²) in [5.74, 6) is 0.694. The number of rotatable bonds is 4. The van der Waals surface area contributed by atoms with Crippen LogP contribution in [-0.2, 0) is 5.41 Å². The largest absolute Gasteiger partial charge is 0.319 e. The summed E-state index contributed by atoms with van der Waals surface area (Å²) >= 11 is 1.82. The molecule has 19 heavy (non-hydrogen) atoms. The summed E-state index contributed by atoms with van der Waals surface area (Å²) in [5, 5.41) is 6.88. The minimum Gasteiger partial charge on any atom is -0.319 e. The Bertz CT molecular complexity index is 408. The number of thiazole rings is 1. The summed E-state index contributed by atoms with van der Waals surface area (Å²) in [6, 6.07) is 0.504. The van der Waals surface area contributed by atoms with Crippen molar-refractivity contribution in [2.75, 3.05) is 26.7 Å². The van der Waals surface area contributed by atoms with Gasteiger partial charge in [0, 0.05) is 10.8 Å². The second-order valence-electron chi connectivity index (χ2n) is 6.51. The van der Waals surface area contributed by atoms with Crippen LogP contribution in [0.2, 0.25) is 0 Å². The number of nitrogens with one attached hydrogen (secondary N) is 1. The first kappa shape index (κ1) is 14.9. The van der Waals surface area contributed by atoms with Gasteiger partial charge >= 0.3 is 0 Å². The van der Waals surface area contributed by atoms with E-state index in [1.807, 2.05) is 18.4 Å². The summed E-state index contributed by atoms with van der Waals surface area (Å²) in [6.07, 6.45) is 1.28. The van der Waals surface area contributed by atoms with Gasteiger partial charge in [0.05, 0.1) is 16.7 Å². The topological polar surface area (TPSA) is 28.2 Å². The van der Waals surface area contributed by atoms with Gasteiger partial charge in [-0.1, -0.05) is 27.7 Å². The fraction of sp³-hybridized carbons (Fsp3) is 0.800. The van der Waals surface area contributed by atoms with Crippen LogP contribution < -0.4 is 5.32 Å². The Kier molecular flexibility index (Phi) is 4.64. The van der Waals surface area contributed by atoms with E-state index in [2.05, 4.69) is 43.3 Å². The van der Waals surface area contributed by atoms with E-state index in [4.69, 9.17) is 4.98 Å². The van der Waals surface area contributed by atoms with Gasteiger partial charge in [-0.05, 0) is 39.0 Å². The average Bonchev–Trinajstić information content (AvgIpc) is 2.93. The highest BCUT2D eigenvalue weighted by molar-refractivity contribution is 7.09. The van der Waals surface area contributed by atoms with Crippen LogP contribution in [0.15, 0.2) is 5.38 Å². The third kappa shape index (κ3) is 3.18. The molecule has 0 spiro atoms. The highest BCUT2D eigenvalue weighted by Gasteiger charge is 2.35. The zero-order valence-electron chi connectivity index (χ0n) is 12.9. The second kappa shape index (κ2) is 5.90. The SMILES string of the molecule is CCN1CCC(CNC)C1c1csc(C(C)(C)C)n1. The van der Waals surface area contributed by atoms with Crippen LogP contribution in [0.3, 0.4) is 0 Å². The van der Waals surface area contributed by atoms with Crippen molar-refractivity contribution >= 4 is 11.3 Å². The van der Waals surface area contributed by atoms with Gasteiger partial charge < -0.3 is 5.32 Å². The maximum atomic E-state index is 4.94. The summed E-state index contributed by atoms with van der Waals surface area (Å²) in [6.45, 7) is 12.4. The molecule has 1 aromatic heterocycles. The number of likely N-dealkylation sites (tertiary alicyclic amines) is 1. The smallest absolute Gasteiger partial charge is 0.0982 e. The van der Waals surface area contributed by atoms with Crippen LogP contribution >= 0.6 is 11.3 Å². The van der Waals surface area contributed by atoms with Crippen molar-refractivity contribution in [1.82, 2.24) is 15.2 Å². The van der Waals surface area contributed by atoms with Gasteiger partial charge in [0.2, 0.25) is 0 Å². The average molecular weight is 281 g/mol. The minimum absolute atomic E-state index is 0.164. The zero-order valence-corrected chi connectivity index (χ0v) is 13.7. The molecule has 0 radical (unpaired) electrons. The van der Waals surface area contributed by atoms with Gasteiger partial charge in [-0.25, -0.2) is 4.98 Å². The molecule has 1 saturated heterocycles. The van der Waals surface area contributed by atoms with E-state index in [9.17, 15) is 0 Å². The first-order valence-corrected chi connectivity index (χ1v) is 8.20. The van der Waals surface area contributed by atoms with Crippen molar-refractivity contribution < 1.29 is 0 Å². The van der Waals surface area contributed by atoms with Crippen molar-refractivity contribution in [3.63, 3.8) is 0 Å². The molecule has 0 saturated carbocycles.